The summed E-state index contributed by atoms with van der Waals surface area (Å²) in [6, 6.07) is 0.309. The van der Waals surface area contributed by atoms with Crippen LogP contribution in [-0.2, 0) is 0 Å². The van der Waals surface area contributed by atoms with Gasteiger partial charge in [0, 0.05) is 25.0 Å². The quantitative estimate of drug-likeness (QED) is 0.844. The number of anilines is 1. The van der Waals surface area contributed by atoms with Crippen LogP contribution >= 0.6 is 15.9 Å². The van der Waals surface area contributed by atoms with Crippen LogP contribution in [-0.4, -0.2) is 27.7 Å². The van der Waals surface area contributed by atoms with Gasteiger partial charge in [-0.25, -0.2) is 9.97 Å². The molecule has 0 amide bonds. The Bertz CT molecular complexity index is 305. The highest BCUT2D eigenvalue weighted by Crippen LogP contribution is 2.13. The first-order valence-corrected chi connectivity index (χ1v) is 6.30. The Balaban J connectivity index is 2.52. The molecule has 90 valence electrons. The zero-order valence-electron chi connectivity index (χ0n) is 9.65. The van der Waals surface area contributed by atoms with Gasteiger partial charge in [0.25, 0.3) is 0 Å². The molecule has 16 heavy (non-hydrogen) atoms. The van der Waals surface area contributed by atoms with Crippen LogP contribution < -0.4 is 5.32 Å². The van der Waals surface area contributed by atoms with E-state index in [2.05, 4.69) is 38.1 Å². The number of halogens is 1. The van der Waals surface area contributed by atoms with Crippen molar-refractivity contribution in [3.8, 4) is 0 Å². The third-order valence-corrected chi connectivity index (χ3v) is 2.85. The summed E-state index contributed by atoms with van der Waals surface area (Å²) in [5.41, 5.74) is 0. The Hall–Kier alpha value is -0.680. The number of hydrogen-bond donors (Lipinski definition) is 2. The van der Waals surface area contributed by atoms with Gasteiger partial charge in [-0.3, -0.25) is 0 Å². The van der Waals surface area contributed by atoms with Crippen LogP contribution in [0.25, 0.3) is 0 Å². The highest BCUT2D eigenvalue weighted by molar-refractivity contribution is 9.10. The molecule has 0 saturated carbocycles. The standard InChI is InChI=1S/C11H18BrN3O/c1-3-10(4-8(2)7-16)15-11-13-5-9(12)6-14-11/h5-6,8,10,16H,3-4,7H2,1-2H3,(H,13,14,15)/t8-,10-/m1/s1. The van der Waals surface area contributed by atoms with Gasteiger partial charge >= 0.3 is 0 Å². The fraction of sp³-hybridized carbons (Fsp3) is 0.636. The normalized spacial score (nSPS) is 14.5. The second-order valence-electron chi connectivity index (χ2n) is 4.00. The van der Waals surface area contributed by atoms with Gasteiger partial charge in [-0.15, -0.1) is 0 Å². The summed E-state index contributed by atoms with van der Waals surface area (Å²) in [5, 5.41) is 12.3. The molecular weight excluding hydrogens is 270 g/mol. The van der Waals surface area contributed by atoms with E-state index >= 15 is 0 Å². The average molecular weight is 288 g/mol. The molecule has 0 unspecified atom stereocenters. The second kappa shape index (κ2) is 6.81. The van der Waals surface area contributed by atoms with Gasteiger partial charge in [0.15, 0.2) is 0 Å². The van der Waals surface area contributed by atoms with Crippen molar-refractivity contribution in [1.82, 2.24) is 9.97 Å². The Morgan fingerprint density at radius 1 is 1.44 bits per heavy atom. The van der Waals surface area contributed by atoms with Gasteiger partial charge < -0.3 is 10.4 Å². The lowest BCUT2D eigenvalue weighted by atomic mass is 10.0. The minimum Gasteiger partial charge on any atom is -0.396 e. The molecule has 0 saturated heterocycles. The molecule has 1 aromatic rings. The van der Waals surface area contributed by atoms with Gasteiger partial charge in [-0.2, -0.15) is 0 Å². The smallest absolute Gasteiger partial charge is 0.222 e. The fourth-order valence-electron chi connectivity index (χ4n) is 1.46. The van der Waals surface area contributed by atoms with Gasteiger partial charge in [-0.05, 0) is 34.7 Å². The van der Waals surface area contributed by atoms with Gasteiger partial charge in [-0.1, -0.05) is 13.8 Å². The van der Waals surface area contributed by atoms with E-state index in [9.17, 15) is 0 Å². The minimum atomic E-state index is 0.222. The van der Waals surface area contributed by atoms with Crippen LogP contribution in [0.3, 0.4) is 0 Å². The summed E-state index contributed by atoms with van der Waals surface area (Å²) in [6.45, 7) is 4.37. The van der Waals surface area contributed by atoms with E-state index in [1.165, 1.54) is 0 Å². The zero-order chi connectivity index (χ0) is 12.0. The number of nitrogens with one attached hydrogen (secondary N) is 1. The number of aliphatic hydroxyl groups is 1. The van der Waals surface area contributed by atoms with E-state index in [0.717, 1.165) is 17.3 Å². The molecular formula is C11H18BrN3O. The third-order valence-electron chi connectivity index (χ3n) is 2.44. The molecule has 2 atom stereocenters. The van der Waals surface area contributed by atoms with Crippen LogP contribution in [0.1, 0.15) is 26.7 Å². The van der Waals surface area contributed by atoms with Gasteiger partial charge in [0.05, 0.1) is 4.47 Å². The highest BCUT2D eigenvalue weighted by Gasteiger charge is 2.11. The van der Waals surface area contributed by atoms with Crippen LogP contribution in [0.5, 0.6) is 0 Å². The summed E-state index contributed by atoms with van der Waals surface area (Å²) < 4.78 is 0.870. The summed E-state index contributed by atoms with van der Waals surface area (Å²) in [4.78, 5) is 8.34. The predicted octanol–water partition coefficient (Wildman–Crippen LogP) is 2.45. The first-order chi connectivity index (χ1) is 7.65. The lowest BCUT2D eigenvalue weighted by molar-refractivity contribution is 0.224. The van der Waals surface area contributed by atoms with E-state index in [-0.39, 0.29) is 6.61 Å². The molecule has 1 rings (SSSR count). The maximum atomic E-state index is 9.02. The number of aromatic nitrogens is 2. The van der Waals surface area contributed by atoms with Crippen molar-refractivity contribution in [2.45, 2.75) is 32.7 Å². The zero-order valence-corrected chi connectivity index (χ0v) is 11.2. The molecule has 1 aromatic heterocycles. The van der Waals surface area contributed by atoms with E-state index in [1.54, 1.807) is 12.4 Å². The highest BCUT2D eigenvalue weighted by atomic mass is 79.9. The van der Waals surface area contributed by atoms with Crippen molar-refractivity contribution in [2.24, 2.45) is 5.92 Å². The van der Waals surface area contributed by atoms with Crippen molar-refractivity contribution in [2.75, 3.05) is 11.9 Å². The minimum absolute atomic E-state index is 0.222. The van der Waals surface area contributed by atoms with Crippen molar-refractivity contribution >= 4 is 21.9 Å². The molecule has 0 radical (unpaired) electrons. The molecule has 2 N–H and O–H groups in total. The Morgan fingerprint density at radius 2 is 2.06 bits per heavy atom. The van der Waals surface area contributed by atoms with Gasteiger partial charge in [0.2, 0.25) is 5.95 Å². The molecule has 0 aliphatic rings. The summed E-state index contributed by atoms with van der Waals surface area (Å²) in [5.74, 6) is 0.938. The summed E-state index contributed by atoms with van der Waals surface area (Å²) in [7, 11) is 0. The molecule has 0 fully saturated rings. The maximum absolute atomic E-state index is 9.02. The maximum Gasteiger partial charge on any atom is 0.222 e. The number of rotatable bonds is 6. The molecule has 0 spiro atoms. The molecule has 0 aliphatic carbocycles. The van der Waals surface area contributed by atoms with E-state index in [4.69, 9.17) is 5.11 Å². The van der Waals surface area contributed by atoms with Crippen molar-refractivity contribution in [1.29, 1.82) is 0 Å². The Kier molecular flexibility index (Phi) is 5.69. The molecule has 0 aromatic carbocycles. The van der Waals surface area contributed by atoms with Crippen LogP contribution in [0.15, 0.2) is 16.9 Å². The lowest BCUT2D eigenvalue weighted by Crippen LogP contribution is -2.23. The Labute approximate surface area is 105 Å². The second-order valence-corrected chi connectivity index (χ2v) is 4.91. The fourth-order valence-corrected chi connectivity index (χ4v) is 1.66. The predicted molar refractivity (Wildman–Crippen MR) is 68.3 cm³/mol. The SMILES string of the molecule is CC[C@H](C[C@@H](C)CO)Nc1ncc(Br)cn1. The summed E-state index contributed by atoms with van der Waals surface area (Å²) in [6.07, 6.45) is 5.35. The van der Waals surface area contributed by atoms with Crippen LogP contribution in [0, 0.1) is 5.92 Å². The van der Waals surface area contributed by atoms with E-state index in [0.29, 0.717) is 17.9 Å². The van der Waals surface area contributed by atoms with Crippen LogP contribution in [0.4, 0.5) is 5.95 Å². The van der Waals surface area contributed by atoms with Crippen LogP contribution in [0.2, 0.25) is 0 Å². The Morgan fingerprint density at radius 3 is 2.56 bits per heavy atom. The van der Waals surface area contributed by atoms with Crippen molar-refractivity contribution in [3.05, 3.63) is 16.9 Å². The third kappa shape index (κ3) is 4.45. The molecule has 0 bridgehead atoms. The summed E-state index contributed by atoms with van der Waals surface area (Å²) >= 11 is 3.29. The number of hydrogen-bond acceptors (Lipinski definition) is 4. The molecule has 1 heterocycles. The van der Waals surface area contributed by atoms with E-state index in [1.807, 2.05) is 6.92 Å². The monoisotopic (exact) mass is 287 g/mol. The number of nitrogens with zero attached hydrogens (tertiary/aromatic N) is 2. The molecule has 0 aliphatic heterocycles. The number of aliphatic hydroxyl groups excluding tert-OH is 1. The molecule has 5 heteroatoms. The topological polar surface area (TPSA) is 58.0 Å². The van der Waals surface area contributed by atoms with Crippen molar-refractivity contribution < 1.29 is 5.11 Å². The van der Waals surface area contributed by atoms with Gasteiger partial charge in [0.1, 0.15) is 0 Å². The molecule has 4 nitrogen and oxygen atoms in total. The first kappa shape index (κ1) is 13.4. The van der Waals surface area contributed by atoms with Crippen molar-refractivity contribution in [3.63, 3.8) is 0 Å². The lowest BCUT2D eigenvalue weighted by Gasteiger charge is -2.19. The largest absolute Gasteiger partial charge is 0.396 e. The average Bonchev–Trinajstić information content (AvgIpc) is 2.30. The van der Waals surface area contributed by atoms with E-state index < -0.39 is 0 Å². The first-order valence-electron chi connectivity index (χ1n) is 5.50.